The topological polar surface area (TPSA) is 196 Å². The van der Waals surface area contributed by atoms with Crippen molar-refractivity contribution in [3.8, 4) is 5.75 Å². The molecule has 1 fully saturated rings. The van der Waals surface area contributed by atoms with Crippen LogP contribution in [0.1, 0.15) is 67.1 Å². The van der Waals surface area contributed by atoms with Gasteiger partial charge in [0.2, 0.25) is 5.91 Å². The van der Waals surface area contributed by atoms with Gasteiger partial charge >= 0.3 is 17.9 Å². The molecular formula is C35H45Cl2NO13. The van der Waals surface area contributed by atoms with E-state index in [4.69, 9.17) is 51.6 Å². The van der Waals surface area contributed by atoms with Gasteiger partial charge in [0, 0.05) is 20.1 Å². The first-order valence-corrected chi connectivity index (χ1v) is 16.9. The first kappa shape index (κ1) is 41.9. The number of hydrogen-bond donors (Lipinski definition) is 4. The lowest BCUT2D eigenvalue weighted by molar-refractivity contribution is -0.293. The van der Waals surface area contributed by atoms with Crippen LogP contribution in [0.25, 0.3) is 0 Å². The summed E-state index contributed by atoms with van der Waals surface area (Å²) in [4.78, 5) is 50.2. The van der Waals surface area contributed by atoms with E-state index in [1.54, 1.807) is 52.0 Å². The van der Waals surface area contributed by atoms with Crippen molar-refractivity contribution in [1.29, 1.82) is 0 Å². The normalized spacial score (nSPS) is 21.0. The number of carbonyl (C=O) groups is 4. The highest BCUT2D eigenvalue weighted by molar-refractivity contribution is 6.38. The molecule has 0 aromatic heterocycles. The molecule has 3 rings (SSSR count). The van der Waals surface area contributed by atoms with Gasteiger partial charge in [-0.3, -0.25) is 14.4 Å². The third kappa shape index (κ3) is 11.8. The van der Waals surface area contributed by atoms with Crippen molar-refractivity contribution in [2.45, 2.75) is 96.4 Å². The molecule has 16 heteroatoms. The molecule has 4 N–H and O–H groups in total. The van der Waals surface area contributed by atoms with Crippen LogP contribution in [0.3, 0.4) is 0 Å². The Morgan fingerprint density at radius 2 is 1.73 bits per heavy atom. The van der Waals surface area contributed by atoms with Crippen LogP contribution >= 0.6 is 23.2 Å². The summed E-state index contributed by atoms with van der Waals surface area (Å²) in [6.45, 7) is 6.33. The molecule has 0 aliphatic carbocycles. The third-order valence-electron chi connectivity index (χ3n) is 7.89. The highest BCUT2D eigenvalue weighted by Gasteiger charge is 2.47. The molecule has 1 amide bonds. The minimum atomic E-state index is -1.61. The fourth-order valence-corrected chi connectivity index (χ4v) is 5.79. The van der Waals surface area contributed by atoms with Crippen LogP contribution in [0.4, 0.5) is 0 Å². The molecular weight excluding hydrogens is 713 g/mol. The molecule has 282 valence electrons. The number of aliphatic hydroxyl groups excluding tert-OH is 3. The molecule has 1 saturated heterocycles. The second kappa shape index (κ2) is 18.8. The first-order valence-electron chi connectivity index (χ1n) is 16.1. The highest BCUT2D eigenvalue weighted by Crippen LogP contribution is 2.39. The second-order valence-corrected chi connectivity index (χ2v) is 13.7. The summed E-state index contributed by atoms with van der Waals surface area (Å²) in [5.74, 6) is -3.12. The predicted molar refractivity (Wildman–Crippen MR) is 183 cm³/mol. The number of rotatable bonds is 15. The van der Waals surface area contributed by atoms with E-state index >= 15 is 0 Å². The van der Waals surface area contributed by atoms with Gasteiger partial charge in [0.25, 0.3) is 0 Å². The quantitative estimate of drug-likeness (QED) is 0.153. The van der Waals surface area contributed by atoms with E-state index in [0.29, 0.717) is 0 Å². The van der Waals surface area contributed by atoms with E-state index in [1.165, 1.54) is 20.3 Å². The molecule has 1 aliphatic rings. The highest BCUT2D eigenvalue weighted by atomic mass is 35.5. The lowest BCUT2D eigenvalue weighted by Crippen LogP contribution is -2.60. The molecule has 1 aliphatic heterocycles. The Bertz CT molecular complexity index is 1540. The molecule has 6 atom stereocenters. The largest absolute Gasteiger partial charge is 0.486 e. The summed E-state index contributed by atoms with van der Waals surface area (Å²) in [6.07, 6.45) is -7.10. The van der Waals surface area contributed by atoms with Gasteiger partial charge in [0.1, 0.15) is 30.5 Å². The number of hydrogen-bond acceptors (Lipinski definition) is 13. The van der Waals surface area contributed by atoms with Crippen molar-refractivity contribution >= 4 is 47.0 Å². The van der Waals surface area contributed by atoms with Crippen LogP contribution in [0.2, 0.25) is 10.0 Å². The van der Waals surface area contributed by atoms with Crippen molar-refractivity contribution < 1.29 is 62.9 Å². The van der Waals surface area contributed by atoms with E-state index in [-0.39, 0.29) is 65.2 Å². The van der Waals surface area contributed by atoms with Crippen LogP contribution in [-0.2, 0) is 51.2 Å². The zero-order valence-electron chi connectivity index (χ0n) is 29.3. The Morgan fingerprint density at radius 1 is 1.04 bits per heavy atom. The van der Waals surface area contributed by atoms with Crippen LogP contribution in [0, 0.1) is 12.8 Å². The molecule has 2 aromatic carbocycles. The number of carbonyl (C=O) groups excluding carboxylic acids is 4. The molecule has 51 heavy (non-hydrogen) atoms. The minimum absolute atomic E-state index is 0.00186. The average molecular weight is 759 g/mol. The molecule has 14 nitrogen and oxygen atoms in total. The monoisotopic (exact) mass is 757 g/mol. The molecule has 0 radical (unpaired) electrons. The first-order chi connectivity index (χ1) is 24.0. The van der Waals surface area contributed by atoms with Crippen LogP contribution < -0.4 is 10.1 Å². The fourth-order valence-electron chi connectivity index (χ4n) is 5.23. The summed E-state index contributed by atoms with van der Waals surface area (Å²) in [5, 5.41) is 33.0. The lowest BCUT2D eigenvalue weighted by Gasteiger charge is -2.40. The SMILES string of the molecule is COC(=O)[C@H](CCC(=O)NCc1cccc(COc2c(Cl)cc(C(=O)O[C@H]3[C@@H](OC)O[C@H](CO)[C@@H](O)[C@@H]3O)c(C)c2Cl)c1)CC(=O)OC(C)(C)C. The predicted octanol–water partition coefficient (Wildman–Crippen LogP) is 3.41. The molecule has 1 heterocycles. The Kier molecular flexibility index (Phi) is 15.5. The number of methoxy groups -OCH3 is 2. The van der Waals surface area contributed by atoms with Crippen molar-refractivity contribution in [3.05, 3.63) is 62.6 Å². The number of halogens is 2. The molecule has 0 saturated carbocycles. The maximum Gasteiger partial charge on any atom is 0.339 e. The number of nitrogens with one attached hydrogen (secondary N) is 1. The molecule has 2 aromatic rings. The maximum absolute atomic E-state index is 13.1. The van der Waals surface area contributed by atoms with E-state index in [1.807, 2.05) is 0 Å². The van der Waals surface area contributed by atoms with E-state index in [0.717, 1.165) is 11.1 Å². The average Bonchev–Trinajstić information content (AvgIpc) is 3.08. The van der Waals surface area contributed by atoms with Gasteiger partial charge in [0.05, 0.1) is 41.7 Å². The number of benzene rings is 2. The Labute approximate surface area is 306 Å². The Balaban J connectivity index is 1.59. The van der Waals surface area contributed by atoms with Crippen molar-refractivity contribution in [3.63, 3.8) is 0 Å². The number of aliphatic hydroxyl groups is 3. The van der Waals surface area contributed by atoms with Crippen LogP contribution in [-0.4, -0.2) is 96.3 Å². The minimum Gasteiger partial charge on any atom is -0.486 e. The maximum atomic E-state index is 13.1. The van der Waals surface area contributed by atoms with Crippen molar-refractivity contribution in [2.75, 3.05) is 20.8 Å². The summed E-state index contributed by atoms with van der Waals surface area (Å²) in [7, 11) is 2.47. The second-order valence-electron chi connectivity index (χ2n) is 12.9. The Hall–Kier alpha value is -3.50. The molecule has 0 unspecified atom stereocenters. The van der Waals surface area contributed by atoms with E-state index in [2.05, 4.69) is 5.32 Å². The van der Waals surface area contributed by atoms with Gasteiger partial charge in [-0.05, 0) is 56.9 Å². The lowest BCUT2D eigenvalue weighted by atomic mass is 9.99. The van der Waals surface area contributed by atoms with Gasteiger partial charge < -0.3 is 49.1 Å². The number of amides is 1. The van der Waals surface area contributed by atoms with E-state index in [9.17, 15) is 34.5 Å². The zero-order valence-corrected chi connectivity index (χ0v) is 30.8. The Morgan fingerprint density at radius 3 is 2.35 bits per heavy atom. The van der Waals surface area contributed by atoms with Crippen LogP contribution in [0.5, 0.6) is 5.75 Å². The van der Waals surface area contributed by atoms with Crippen LogP contribution in [0.15, 0.2) is 30.3 Å². The van der Waals surface area contributed by atoms with E-state index < -0.39 is 66.7 Å². The van der Waals surface area contributed by atoms with Crippen molar-refractivity contribution in [1.82, 2.24) is 5.32 Å². The van der Waals surface area contributed by atoms with Gasteiger partial charge in [0.15, 0.2) is 18.1 Å². The van der Waals surface area contributed by atoms with Gasteiger partial charge in [-0.25, -0.2) is 4.79 Å². The smallest absolute Gasteiger partial charge is 0.339 e. The van der Waals surface area contributed by atoms with Crippen molar-refractivity contribution in [2.24, 2.45) is 5.92 Å². The summed E-state index contributed by atoms with van der Waals surface area (Å²) in [5.41, 5.74) is 1.01. The summed E-state index contributed by atoms with van der Waals surface area (Å²) < 4.78 is 32.0. The number of esters is 3. The van der Waals surface area contributed by atoms with Gasteiger partial charge in [-0.2, -0.15) is 0 Å². The summed E-state index contributed by atoms with van der Waals surface area (Å²) >= 11 is 13.0. The zero-order chi connectivity index (χ0) is 38.0. The van der Waals surface area contributed by atoms with Gasteiger partial charge in [-0.15, -0.1) is 0 Å². The standard InChI is InChI=1S/C35H45Cl2NO13/c1-18-22(33(45)50-31-29(43)28(42)24(16-39)49-34(31)47-6)14-23(36)30(27(18)37)48-17-20-9-7-8-19(12-20)15-38-25(40)11-10-21(32(44)46-5)13-26(41)51-35(2,3)4/h7-9,12,14,21,24,28-29,31,34,39,42-43H,10-11,13,15-17H2,1-6H3,(H,38,40)/t21-,24-,28-,29+,31-,34+/m1/s1. The molecule has 0 spiro atoms. The molecule has 0 bridgehead atoms. The summed E-state index contributed by atoms with van der Waals surface area (Å²) in [6, 6.07) is 8.48. The van der Waals surface area contributed by atoms with Gasteiger partial charge in [-0.1, -0.05) is 47.5 Å². The number of ether oxygens (including phenoxy) is 6. The fraction of sp³-hybridized carbons (Fsp3) is 0.543. The third-order valence-corrected chi connectivity index (χ3v) is 8.63.